The number of ether oxygens (including phenoxy) is 2. The Hall–Kier alpha value is -1.28. The van der Waals surface area contributed by atoms with Gasteiger partial charge in [0.2, 0.25) is 0 Å². The highest BCUT2D eigenvalue weighted by molar-refractivity contribution is 8.13. The van der Waals surface area contributed by atoms with Crippen molar-refractivity contribution in [1.82, 2.24) is 9.80 Å². The maximum atomic E-state index is 13.4. The highest BCUT2D eigenvalue weighted by atomic mass is 32.2. The van der Waals surface area contributed by atoms with E-state index in [1.165, 1.54) is 185 Å². The van der Waals surface area contributed by atoms with Crippen LogP contribution >= 0.6 is 11.8 Å². The van der Waals surface area contributed by atoms with Crippen LogP contribution in [0, 0.1) is 11.8 Å². The average Bonchev–Trinajstić information content (AvgIpc) is 3.31. The lowest BCUT2D eigenvalue weighted by molar-refractivity contribution is -0.144. The molecule has 1 amide bonds. The predicted molar refractivity (Wildman–Crippen MR) is 282 cm³/mol. The molecule has 1 rings (SSSR count). The summed E-state index contributed by atoms with van der Waals surface area (Å²) in [5, 5.41) is 0.243. The number of hydrogen-bond donors (Lipinski definition) is 0. The van der Waals surface area contributed by atoms with Crippen LogP contribution < -0.4 is 0 Å². The second kappa shape index (κ2) is 47.8. The van der Waals surface area contributed by atoms with Gasteiger partial charge in [-0.05, 0) is 102 Å². The van der Waals surface area contributed by atoms with E-state index in [9.17, 15) is 14.4 Å². The molecule has 0 unspecified atom stereocenters. The van der Waals surface area contributed by atoms with Crippen molar-refractivity contribution in [2.24, 2.45) is 11.8 Å². The summed E-state index contributed by atoms with van der Waals surface area (Å²) in [6.07, 6.45) is 47.5. The van der Waals surface area contributed by atoms with Gasteiger partial charge in [0.25, 0.3) is 5.24 Å². The summed E-state index contributed by atoms with van der Waals surface area (Å²) in [6.45, 7) is 15.5. The number of carbonyl (C=O) groups excluding carboxylic acids is 3. The van der Waals surface area contributed by atoms with E-state index in [1.807, 2.05) is 0 Å². The fraction of sp³-hybridized carbons (Fsp3) is 0.947. The van der Waals surface area contributed by atoms with Gasteiger partial charge in [-0.1, -0.05) is 213 Å². The summed E-state index contributed by atoms with van der Waals surface area (Å²) < 4.78 is 11.3. The Balaban J connectivity index is 2.32. The molecular weight excluding hydrogens is 825 g/mol. The van der Waals surface area contributed by atoms with Crippen LogP contribution in [0.2, 0.25) is 0 Å². The molecule has 0 aromatic carbocycles. The number of rotatable bonds is 48. The number of likely N-dealkylation sites (tertiary alicyclic amines) is 1. The standard InChI is InChI=1S/C57H110N2O5S/c1-5-9-13-24-37-53(38-25-14-10-6-2)41-34-50-63-55(60)43-28-19-17-21-32-48-59(57(62)65-52-36-47-58-45-30-23-31-46-58)49-33-22-18-20-29-44-56(61)64-51-35-42-54(39-26-15-11-7-3)40-27-16-12-8-4/h53-54H,5-52H2,1-4H3. The molecule has 0 bridgehead atoms. The van der Waals surface area contributed by atoms with Crippen molar-refractivity contribution in [2.45, 2.75) is 285 Å². The number of piperidine rings is 1. The Bertz CT molecular complexity index is 968. The Kier molecular flexibility index (Phi) is 45.4. The monoisotopic (exact) mass is 935 g/mol. The van der Waals surface area contributed by atoms with Gasteiger partial charge in [0.05, 0.1) is 13.2 Å². The minimum atomic E-state index is -0.0306. The van der Waals surface area contributed by atoms with Crippen molar-refractivity contribution >= 4 is 28.9 Å². The molecule has 1 aliphatic heterocycles. The first-order valence-electron chi connectivity index (χ1n) is 28.9. The zero-order valence-electron chi connectivity index (χ0n) is 43.9. The molecule has 0 saturated carbocycles. The third-order valence-electron chi connectivity index (χ3n) is 14.1. The lowest BCUT2D eigenvalue weighted by atomic mass is 9.91. The van der Waals surface area contributed by atoms with Gasteiger partial charge in [-0.3, -0.25) is 14.4 Å². The van der Waals surface area contributed by atoms with Gasteiger partial charge in [0, 0.05) is 31.7 Å². The Morgan fingerprint density at radius 1 is 0.446 bits per heavy atom. The second-order valence-electron chi connectivity index (χ2n) is 20.2. The maximum Gasteiger partial charge on any atom is 0.305 e. The SMILES string of the molecule is CCCCCCC(CCCCCC)CCCOC(=O)CCCCCCCN(CCCCCCCC(=O)OCCCC(CCCCCC)CCCCCC)C(=O)SCCCN1CCCCC1. The van der Waals surface area contributed by atoms with E-state index in [0.29, 0.717) is 26.1 Å². The molecule has 7 nitrogen and oxygen atoms in total. The van der Waals surface area contributed by atoms with Gasteiger partial charge >= 0.3 is 11.9 Å². The fourth-order valence-corrected chi connectivity index (χ4v) is 10.6. The van der Waals surface area contributed by atoms with Crippen LogP contribution in [-0.4, -0.2) is 78.7 Å². The van der Waals surface area contributed by atoms with Gasteiger partial charge in [-0.15, -0.1) is 0 Å². The third-order valence-corrected chi connectivity index (χ3v) is 15.1. The van der Waals surface area contributed by atoms with E-state index >= 15 is 0 Å². The first-order valence-corrected chi connectivity index (χ1v) is 29.9. The average molecular weight is 936 g/mol. The highest BCUT2D eigenvalue weighted by Crippen LogP contribution is 2.25. The van der Waals surface area contributed by atoms with Gasteiger partial charge in [0.15, 0.2) is 0 Å². The van der Waals surface area contributed by atoms with Crippen molar-refractivity contribution in [3.8, 4) is 0 Å². The van der Waals surface area contributed by atoms with Gasteiger partial charge in [-0.2, -0.15) is 0 Å². The molecule has 0 atom stereocenters. The van der Waals surface area contributed by atoms with Crippen LogP contribution in [0.25, 0.3) is 0 Å². The van der Waals surface area contributed by atoms with Crippen molar-refractivity contribution in [1.29, 1.82) is 0 Å². The van der Waals surface area contributed by atoms with E-state index in [2.05, 4.69) is 37.5 Å². The van der Waals surface area contributed by atoms with E-state index in [4.69, 9.17) is 9.47 Å². The lowest BCUT2D eigenvalue weighted by Crippen LogP contribution is -2.32. The summed E-state index contributed by atoms with van der Waals surface area (Å²) in [5.74, 6) is 2.42. The Labute approximate surface area is 409 Å². The van der Waals surface area contributed by atoms with Gasteiger partial charge < -0.3 is 19.3 Å². The van der Waals surface area contributed by atoms with Crippen molar-refractivity contribution in [2.75, 3.05) is 51.7 Å². The van der Waals surface area contributed by atoms with E-state index in [0.717, 1.165) is 121 Å². The molecule has 0 aliphatic carbocycles. The molecule has 0 aromatic rings. The topological polar surface area (TPSA) is 76.1 Å². The number of amides is 1. The minimum absolute atomic E-state index is 0.0306. The van der Waals surface area contributed by atoms with Crippen LogP contribution in [0.5, 0.6) is 0 Å². The van der Waals surface area contributed by atoms with E-state index in [1.54, 1.807) is 0 Å². The summed E-state index contributed by atoms with van der Waals surface area (Å²) >= 11 is 1.52. The van der Waals surface area contributed by atoms with Gasteiger partial charge in [-0.25, -0.2) is 0 Å². The number of unbranched alkanes of at least 4 members (excludes halogenated alkanes) is 20. The van der Waals surface area contributed by atoms with Crippen LogP contribution in [0.4, 0.5) is 4.79 Å². The quantitative estimate of drug-likeness (QED) is 0.0444. The molecule has 0 spiro atoms. The zero-order valence-corrected chi connectivity index (χ0v) is 44.8. The molecule has 1 fully saturated rings. The summed E-state index contributed by atoms with van der Waals surface area (Å²) in [5.41, 5.74) is 0. The molecular formula is C57H110N2O5S. The first-order chi connectivity index (χ1) is 31.9. The highest BCUT2D eigenvalue weighted by Gasteiger charge is 2.16. The third kappa shape index (κ3) is 40.3. The predicted octanol–water partition coefficient (Wildman–Crippen LogP) is 17.5. The smallest absolute Gasteiger partial charge is 0.305 e. The fourth-order valence-electron chi connectivity index (χ4n) is 9.79. The number of hydrogen-bond acceptors (Lipinski definition) is 7. The molecule has 1 saturated heterocycles. The molecule has 0 aromatic heterocycles. The zero-order chi connectivity index (χ0) is 47.1. The molecule has 1 heterocycles. The van der Waals surface area contributed by atoms with Crippen molar-refractivity contribution < 1.29 is 23.9 Å². The molecule has 8 heteroatoms. The van der Waals surface area contributed by atoms with E-state index in [-0.39, 0.29) is 17.2 Å². The number of thioether (sulfide) groups is 1. The Morgan fingerprint density at radius 3 is 1.23 bits per heavy atom. The van der Waals surface area contributed by atoms with Crippen LogP contribution in [0.1, 0.15) is 285 Å². The molecule has 0 radical (unpaired) electrons. The van der Waals surface area contributed by atoms with Crippen molar-refractivity contribution in [3.05, 3.63) is 0 Å². The normalized spacial score (nSPS) is 13.3. The molecule has 384 valence electrons. The minimum Gasteiger partial charge on any atom is -0.466 e. The largest absolute Gasteiger partial charge is 0.466 e. The molecule has 0 N–H and O–H groups in total. The maximum absolute atomic E-state index is 13.4. The number of carbonyl (C=O) groups is 3. The van der Waals surface area contributed by atoms with Crippen LogP contribution in [-0.2, 0) is 19.1 Å². The first kappa shape index (κ1) is 61.7. The second-order valence-corrected chi connectivity index (χ2v) is 21.3. The van der Waals surface area contributed by atoms with Gasteiger partial charge in [0.1, 0.15) is 0 Å². The van der Waals surface area contributed by atoms with E-state index < -0.39 is 0 Å². The molecule has 1 aliphatic rings. The summed E-state index contributed by atoms with van der Waals surface area (Å²) in [7, 11) is 0. The summed E-state index contributed by atoms with van der Waals surface area (Å²) in [6, 6.07) is 0. The Morgan fingerprint density at radius 2 is 0.815 bits per heavy atom. The van der Waals surface area contributed by atoms with Crippen LogP contribution in [0.3, 0.4) is 0 Å². The lowest BCUT2D eigenvalue weighted by Gasteiger charge is -2.26. The molecule has 65 heavy (non-hydrogen) atoms. The summed E-state index contributed by atoms with van der Waals surface area (Å²) in [4.78, 5) is 43.1. The van der Waals surface area contributed by atoms with Crippen LogP contribution in [0.15, 0.2) is 0 Å². The van der Waals surface area contributed by atoms with Crippen molar-refractivity contribution in [3.63, 3.8) is 0 Å². The number of nitrogens with zero attached hydrogens (tertiary/aromatic N) is 2. The number of esters is 2.